The number of ether oxygens (including phenoxy) is 1. The van der Waals surface area contributed by atoms with Crippen molar-refractivity contribution in [2.45, 2.75) is 64.2 Å². The van der Waals surface area contributed by atoms with Gasteiger partial charge in [0.25, 0.3) is 0 Å². The molecule has 6 heteroatoms. The predicted molar refractivity (Wildman–Crippen MR) is 216 cm³/mol. The summed E-state index contributed by atoms with van der Waals surface area (Å²) >= 11 is 0. The molecule has 0 saturated carbocycles. The summed E-state index contributed by atoms with van der Waals surface area (Å²) in [7, 11) is 0. The minimum Gasteiger partial charge on any atom is -0.456 e. The Kier molecular flexibility index (Phi) is 7.35. The number of hydrogen-bond acceptors (Lipinski definition) is 6. The third-order valence-corrected chi connectivity index (χ3v) is 12.7. The first kappa shape index (κ1) is 32.1. The van der Waals surface area contributed by atoms with Gasteiger partial charge in [0.15, 0.2) is 17.5 Å². The molecule has 268 valence electrons. The molecule has 0 spiro atoms. The highest BCUT2D eigenvalue weighted by Gasteiger charge is 2.52. The van der Waals surface area contributed by atoms with Gasteiger partial charge in [-0.2, -0.15) is 0 Å². The average Bonchev–Trinajstić information content (AvgIpc) is 3.85. The number of nitrogens with zero attached hydrogens (tertiary/aromatic N) is 4. The Morgan fingerprint density at radius 2 is 1.52 bits per heavy atom. The first-order chi connectivity index (χ1) is 26.5. The van der Waals surface area contributed by atoms with E-state index in [2.05, 4.69) is 135 Å². The maximum atomic E-state index is 7.29. The Bertz CT molecular complexity index is 2520. The standard InChI is InChI=1S/C48H44N4O2/c1-27-20-28(2)22-31(21-27)47-49-46(30-12-5-4-6-13-30)50-48(51-47)37-23-29(3)24-43-44(37)34-16-11-18-39(45(34)54-43)52-38-17-9-7-14-32(38)35-25-36-33-15-8-10-19-41(33)53-42(36)26-40(35)52/h4-19,21,23,25-29,32,34,38,43-45H,20,22,24H2,1-3H3/t27?,28?,29-,32?,34?,38?,43?,44?,45?/m1/s1. The number of rotatable bonds is 4. The van der Waals surface area contributed by atoms with Crippen LogP contribution in [0.1, 0.15) is 63.2 Å². The highest BCUT2D eigenvalue weighted by Crippen LogP contribution is 2.55. The predicted octanol–water partition coefficient (Wildman–Crippen LogP) is 10.9. The molecular formula is C48H44N4O2. The highest BCUT2D eigenvalue weighted by atomic mass is 16.5. The SMILES string of the molecule is CC1C=C(c2nc(C3=C[C@@H](C)CC4OC5C(N6c7cc8oc9ccccc9c8cc7C7C=CC=CC76)=CC=CC5C34)nc(-c3ccccc3)n2)CC(C)C1. The van der Waals surface area contributed by atoms with Crippen LogP contribution in [0.3, 0.4) is 0 Å². The molecule has 1 fully saturated rings. The summed E-state index contributed by atoms with van der Waals surface area (Å²) in [5, 5.41) is 2.34. The smallest absolute Gasteiger partial charge is 0.164 e. The molecule has 0 N–H and O–H groups in total. The van der Waals surface area contributed by atoms with Gasteiger partial charge in [-0.25, -0.2) is 15.0 Å². The van der Waals surface area contributed by atoms with Crippen LogP contribution in [-0.2, 0) is 4.74 Å². The Morgan fingerprint density at radius 3 is 2.41 bits per heavy atom. The third kappa shape index (κ3) is 5.06. The van der Waals surface area contributed by atoms with Gasteiger partial charge in [-0.3, -0.25) is 0 Å². The van der Waals surface area contributed by atoms with E-state index in [-0.39, 0.29) is 36.0 Å². The van der Waals surface area contributed by atoms with E-state index in [4.69, 9.17) is 24.1 Å². The fraction of sp³-hybridized carbons (Fsp3) is 0.312. The molecule has 2 aromatic heterocycles. The van der Waals surface area contributed by atoms with Crippen LogP contribution in [-0.4, -0.2) is 33.2 Å². The molecular weight excluding hydrogens is 665 g/mol. The monoisotopic (exact) mass is 708 g/mol. The van der Waals surface area contributed by atoms with Gasteiger partial charge in [-0.05, 0) is 71.9 Å². The van der Waals surface area contributed by atoms with Gasteiger partial charge in [0.05, 0.1) is 12.1 Å². The summed E-state index contributed by atoms with van der Waals surface area (Å²) in [4.78, 5) is 18.3. The van der Waals surface area contributed by atoms with Crippen molar-refractivity contribution in [3.8, 4) is 11.4 Å². The first-order valence-corrected chi connectivity index (χ1v) is 19.8. The molecule has 4 heterocycles. The minimum absolute atomic E-state index is 0.0491. The summed E-state index contributed by atoms with van der Waals surface area (Å²) in [6.07, 6.45) is 23.9. The van der Waals surface area contributed by atoms with Crippen LogP contribution < -0.4 is 4.90 Å². The molecule has 0 bridgehead atoms. The van der Waals surface area contributed by atoms with Crippen molar-refractivity contribution in [2.75, 3.05) is 4.90 Å². The number of benzene rings is 3. The molecule has 54 heavy (non-hydrogen) atoms. The van der Waals surface area contributed by atoms with E-state index in [1.807, 2.05) is 12.1 Å². The van der Waals surface area contributed by atoms with E-state index in [9.17, 15) is 0 Å². The first-order valence-electron chi connectivity index (χ1n) is 19.8. The molecule has 6 nitrogen and oxygen atoms in total. The quantitative estimate of drug-likeness (QED) is 0.185. The highest BCUT2D eigenvalue weighted by molar-refractivity contribution is 6.06. The van der Waals surface area contributed by atoms with Gasteiger partial charge >= 0.3 is 0 Å². The van der Waals surface area contributed by atoms with Gasteiger partial charge in [-0.1, -0.05) is 118 Å². The topological polar surface area (TPSA) is 64.3 Å². The fourth-order valence-electron chi connectivity index (χ4n) is 10.5. The maximum Gasteiger partial charge on any atom is 0.164 e. The van der Waals surface area contributed by atoms with Crippen LogP contribution >= 0.6 is 0 Å². The lowest BCUT2D eigenvalue weighted by atomic mass is 9.72. The molecule has 2 aliphatic heterocycles. The molecule has 0 amide bonds. The van der Waals surface area contributed by atoms with E-state index in [1.165, 1.54) is 39.9 Å². The second-order valence-electron chi connectivity index (χ2n) is 16.6. The molecule has 3 aromatic carbocycles. The fourth-order valence-corrected chi connectivity index (χ4v) is 10.5. The van der Waals surface area contributed by atoms with Crippen molar-refractivity contribution < 1.29 is 9.15 Å². The van der Waals surface area contributed by atoms with Crippen molar-refractivity contribution in [3.05, 3.63) is 144 Å². The number of fused-ring (bicyclic) bond motifs is 9. The summed E-state index contributed by atoms with van der Waals surface area (Å²) in [5.74, 6) is 4.28. The molecule has 0 radical (unpaired) electrons. The molecule has 4 aliphatic carbocycles. The van der Waals surface area contributed by atoms with E-state index < -0.39 is 0 Å². The zero-order valence-corrected chi connectivity index (χ0v) is 31.0. The van der Waals surface area contributed by atoms with Gasteiger partial charge in [0.1, 0.15) is 17.3 Å². The van der Waals surface area contributed by atoms with E-state index >= 15 is 0 Å². The van der Waals surface area contributed by atoms with E-state index in [0.717, 1.165) is 52.4 Å². The molecule has 8 unspecified atom stereocenters. The molecule has 5 aromatic rings. The number of allylic oxidation sites excluding steroid dienone is 7. The zero-order chi connectivity index (χ0) is 36.1. The maximum absolute atomic E-state index is 7.29. The average molecular weight is 709 g/mol. The summed E-state index contributed by atoms with van der Waals surface area (Å²) < 4.78 is 13.7. The van der Waals surface area contributed by atoms with Crippen LogP contribution in [0.4, 0.5) is 5.69 Å². The summed E-state index contributed by atoms with van der Waals surface area (Å²) in [6, 6.07) is 23.6. The number of anilines is 1. The van der Waals surface area contributed by atoms with Crippen LogP contribution in [0.2, 0.25) is 0 Å². The number of hydrogen-bond donors (Lipinski definition) is 0. The van der Waals surface area contributed by atoms with Gasteiger partial charge in [0.2, 0.25) is 0 Å². The lowest BCUT2D eigenvalue weighted by molar-refractivity contribution is 0.0400. The largest absolute Gasteiger partial charge is 0.456 e. The third-order valence-electron chi connectivity index (χ3n) is 12.7. The normalized spacial score (nSPS) is 30.8. The van der Waals surface area contributed by atoms with E-state index in [1.54, 1.807) is 0 Å². The Hall–Kier alpha value is -5.33. The van der Waals surface area contributed by atoms with Crippen molar-refractivity contribution in [1.29, 1.82) is 0 Å². The van der Waals surface area contributed by atoms with Crippen molar-refractivity contribution in [1.82, 2.24) is 15.0 Å². The van der Waals surface area contributed by atoms with Gasteiger partial charge < -0.3 is 14.1 Å². The van der Waals surface area contributed by atoms with Crippen LogP contribution in [0.15, 0.2) is 132 Å². The Balaban J connectivity index is 1.00. The lowest BCUT2D eigenvalue weighted by Crippen LogP contribution is -2.39. The van der Waals surface area contributed by atoms with Gasteiger partial charge in [-0.15, -0.1) is 0 Å². The number of para-hydroxylation sites is 1. The van der Waals surface area contributed by atoms with Crippen LogP contribution in [0.25, 0.3) is 44.5 Å². The Labute approximate surface area is 316 Å². The second-order valence-corrected chi connectivity index (χ2v) is 16.6. The molecule has 6 aliphatic rings. The Morgan fingerprint density at radius 1 is 0.722 bits per heavy atom. The molecule has 1 saturated heterocycles. The summed E-state index contributed by atoms with van der Waals surface area (Å²) in [6.45, 7) is 6.96. The van der Waals surface area contributed by atoms with Crippen molar-refractivity contribution >= 4 is 38.8 Å². The lowest BCUT2D eigenvalue weighted by Gasteiger charge is -2.36. The van der Waals surface area contributed by atoms with Crippen LogP contribution in [0, 0.1) is 29.6 Å². The molecule has 11 rings (SSSR count). The van der Waals surface area contributed by atoms with Crippen LogP contribution in [0.5, 0.6) is 0 Å². The van der Waals surface area contributed by atoms with Crippen molar-refractivity contribution in [3.63, 3.8) is 0 Å². The second kappa shape index (κ2) is 12.4. The number of aromatic nitrogens is 3. The number of furan rings is 1. The zero-order valence-electron chi connectivity index (χ0n) is 31.0. The minimum atomic E-state index is -0.103. The van der Waals surface area contributed by atoms with Crippen molar-refractivity contribution in [2.24, 2.45) is 29.6 Å². The van der Waals surface area contributed by atoms with E-state index in [0.29, 0.717) is 17.8 Å². The summed E-state index contributed by atoms with van der Waals surface area (Å²) in [5.41, 5.74) is 9.05. The van der Waals surface area contributed by atoms with Gasteiger partial charge in [0, 0.05) is 51.5 Å². The molecule has 9 atom stereocenters.